The molecule has 0 radical (unpaired) electrons. The first-order valence-corrected chi connectivity index (χ1v) is 9.90. The number of sulfone groups is 1. The summed E-state index contributed by atoms with van der Waals surface area (Å²) in [6, 6.07) is 14.6. The van der Waals surface area contributed by atoms with Gasteiger partial charge in [-0.25, -0.2) is 8.42 Å². The Morgan fingerprint density at radius 3 is 2.58 bits per heavy atom. The second-order valence-electron chi connectivity index (χ2n) is 6.39. The predicted octanol–water partition coefficient (Wildman–Crippen LogP) is 3.03. The molecule has 5 heteroatoms. The van der Waals surface area contributed by atoms with Crippen LogP contribution in [-0.4, -0.2) is 38.6 Å². The van der Waals surface area contributed by atoms with E-state index in [0.29, 0.717) is 24.6 Å². The second-order valence-corrected chi connectivity index (χ2v) is 8.41. The van der Waals surface area contributed by atoms with Crippen molar-refractivity contribution in [3.05, 3.63) is 65.2 Å². The van der Waals surface area contributed by atoms with Crippen LogP contribution in [0.1, 0.15) is 33.8 Å². The zero-order valence-corrected chi connectivity index (χ0v) is 14.7. The highest BCUT2D eigenvalue weighted by molar-refractivity contribution is 7.90. The molecule has 3 rings (SSSR count). The Kier molecular flexibility index (Phi) is 4.45. The molecule has 2 aromatic carbocycles. The lowest BCUT2D eigenvalue weighted by atomic mass is 9.94. The van der Waals surface area contributed by atoms with E-state index >= 15 is 0 Å². The molecule has 126 valence electrons. The number of aryl methyl sites for hydroxylation is 1. The van der Waals surface area contributed by atoms with Crippen molar-refractivity contribution >= 4 is 15.7 Å². The Hall–Kier alpha value is -2.14. The van der Waals surface area contributed by atoms with Crippen LogP contribution in [0.5, 0.6) is 0 Å². The average molecular weight is 343 g/mol. The second kappa shape index (κ2) is 6.40. The van der Waals surface area contributed by atoms with E-state index in [9.17, 15) is 13.2 Å². The van der Waals surface area contributed by atoms with Gasteiger partial charge in [0.2, 0.25) is 0 Å². The van der Waals surface area contributed by atoms with Gasteiger partial charge in [0.1, 0.15) is 0 Å². The summed E-state index contributed by atoms with van der Waals surface area (Å²) in [7, 11) is -3.31. The van der Waals surface area contributed by atoms with Crippen LogP contribution in [0.4, 0.5) is 0 Å². The molecule has 0 N–H and O–H groups in total. The summed E-state index contributed by atoms with van der Waals surface area (Å²) < 4.78 is 23.4. The largest absolute Gasteiger partial charge is 0.338 e. The lowest BCUT2D eigenvalue weighted by molar-refractivity contribution is 0.0790. The number of hydrogen-bond acceptors (Lipinski definition) is 3. The molecule has 1 aliphatic heterocycles. The SMILES string of the molecule is Cc1ccccc1C1CCN(C(=O)c2cccc(S(C)(=O)=O)c2)C1. The highest BCUT2D eigenvalue weighted by atomic mass is 32.2. The Morgan fingerprint density at radius 1 is 1.12 bits per heavy atom. The Morgan fingerprint density at radius 2 is 1.88 bits per heavy atom. The molecule has 1 unspecified atom stereocenters. The first-order chi connectivity index (χ1) is 11.4. The van der Waals surface area contributed by atoms with Gasteiger partial charge in [-0.2, -0.15) is 0 Å². The van der Waals surface area contributed by atoms with E-state index in [-0.39, 0.29) is 10.8 Å². The summed E-state index contributed by atoms with van der Waals surface area (Å²) >= 11 is 0. The number of rotatable bonds is 3. The van der Waals surface area contributed by atoms with Crippen LogP contribution in [0.2, 0.25) is 0 Å². The first-order valence-electron chi connectivity index (χ1n) is 8.01. The third-order valence-electron chi connectivity index (χ3n) is 4.61. The van der Waals surface area contributed by atoms with Gasteiger partial charge in [0, 0.05) is 30.8 Å². The number of carbonyl (C=O) groups is 1. The van der Waals surface area contributed by atoms with Crippen LogP contribution in [0.3, 0.4) is 0 Å². The maximum absolute atomic E-state index is 12.7. The van der Waals surface area contributed by atoms with Crippen molar-refractivity contribution in [1.29, 1.82) is 0 Å². The summed E-state index contributed by atoms with van der Waals surface area (Å²) in [5.74, 6) is 0.241. The minimum atomic E-state index is -3.31. The molecule has 0 saturated carbocycles. The van der Waals surface area contributed by atoms with Gasteiger partial charge in [0.25, 0.3) is 5.91 Å². The summed E-state index contributed by atoms with van der Waals surface area (Å²) in [4.78, 5) is 14.7. The molecule has 0 aliphatic carbocycles. The van der Waals surface area contributed by atoms with E-state index in [2.05, 4.69) is 19.1 Å². The van der Waals surface area contributed by atoms with Crippen molar-refractivity contribution < 1.29 is 13.2 Å². The standard InChI is InChI=1S/C19H21NO3S/c1-14-6-3-4-9-18(14)16-10-11-20(13-16)19(21)15-7-5-8-17(12-15)24(2,22)23/h3-9,12,16H,10-11,13H2,1-2H3. The molecule has 4 nitrogen and oxygen atoms in total. The van der Waals surface area contributed by atoms with Crippen LogP contribution >= 0.6 is 0 Å². The van der Waals surface area contributed by atoms with Crippen molar-refractivity contribution in [3.63, 3.8) is 0 Å². The van der Waals surface area contributed by atoms with Gasteiger partial charge in [-0.05, 0) is 42.7 Å². The van der Waals surface area contributed by atoms with Crippen LogP contribution in [0.15, 0.2) is 53.4 Å². The maximum Gasteiger partial charge on any atom is 0.253 e. The summed E-state index contributed by atoms with van der Waals surface area (Å²) in [6.45, 7) is 3.46. The number of nitrogens with zero attached hydrogens (tertiary/aromatic N) is 1. The van der Waals surface area contributed by atoms with Gasteiger partial charge in [-0.1, -0.05) is 30.3 Å². The quantitative estimate of drug-likeness (QED) is 0.861. The molecular formula is C19H21NO3S. The highest BCUT2D eigenvalue weighted by Gasteiger charge is 2.28. The summed E-state index contributed by atoms with van der Waals surface area (Å²) in [5, 5.41) is 0. The van der Waals surface area contributed by atoms with E-state index in [1.807, 2.05) is 17.0 Å². The molecule has 1 fully saturated rings. The van der Waals surface area contributed by atoms with Crippen molar-refractivity contribution in [3.8, 4) is 0 Å². The van der Waals surface area contributed by atoms with Crippen molar-refractivity contribution in [2.45, 2.75) is 24.2 Å². The number of benzene rings is 2. The maximum atomic E-state index is 12.7. The van der Waals surface area contributed by atoms with Crippen molar-refractivity contribution in [1.82, 2.24) is 4.90 Å². The fourth-order valence-electron chi connectivity index (χ4n) is 3.29. The molecule has 1 saturated heterocycles. The molecular weight excluding hydrogens is 322 g/mol. The topological polar surface area (TPSA) is 54.5 Å². The molecule has 0 bridgehead atoms. The van der Waals surface area contributed by atoms with Crippen LogP contribution in [-0.2, 0) is 9.84 Å². The van der Waals surface area contributed by atoms with Gasteiger partial charge >= 0.3 is 0 Å². The van der Waals surface area contributed by atoms with E-state index in [4.69, 9.17) is 0 Å². The third kappa shape index (κ3) is 3.36. The normalized spacial score (nSPS) is 17.9. The Bertz CT molecular complexity index is 874. The lowest BCUT2D eigenvalue weighted by Crippen LogP contribution is -2.28. The van der Waals surface area contributed by atoms with Crippen LogP contribution < -0.4 is 0 Å². The molecule has 0 aromatic heterocycles. The molecule has 24 heavy (non-hydrogen) atoms. The van der Waals surface area contributed by atoms with Crippen molar-refractivity contribution in [2.24, 2.45) is 0 Å². The minimum absolute atomic E-state index is 0.100. The summed E-state index contributed by atoms with van der Waals surface area (Å²) in [6.07, 6.45) is 2.09. The highest BCUT2D eigenvalue weighted by Crippen LogP contribution is 2.30. The van der Waals surface area contributed by atoms with Gasteiger partial charge in [-0.15, -0.1) is 0 Å². The van der Waals surface area contributed by atoms with E-state index in [1.54, 1.807) is 12.1 Å². The monoisotopic (exact) mass is 343 g/mol. The minimum Gasteiger partial charge on any atom is -0.338 e. The molecule has 1 aliphatic rings. The molecule has 1 atom stereocenters. The Balaban J connectivity index is 1.79. The van der Waals surface area contributed by atoms with Crippen molar-refractivity contribution in [2.75, 3.05) is 19.3 Å². The average Bonchev–Trinajstić information content (AvgIpc) is 3.03. The molecule has 1 heterocycles. The first kappa shape index (κ1) is 16.7. The van der Waals surface area contributed by atoms with Gasteiger partial charge in [-0.3, -0.25) is 4.79 Å². The molecule has 0 spiro atoms. The number of hydrogen-bond donors (Lipinski definition) is 0. The van der Waals surface area contributed by atoms with Crippen LogP contribution in [0.25, 0.3) is 0 Å². The Labute approximate surface area is 143 Å². The molecule has 2 aromatic rings. The summed E-state index contributed by atoms with van der Waals surface area (Å²) in [5.41, 5.74) is 2.97. The van der Waals surface area contributed by atoms with Gasteiger partial charge in [0.15, 0.2) is 9.84 Å². The fraction of sp³-hybridized carbons (Fsp3) is 0.316. The zero-order valence-electron chi connectivity index (χ0n) is 13.9. The smallest absolute Gasteiger partial charge is 0.253 e. The zero-order chi connectivity index (χ0) is 17.3. The van der Waals surface area contributed by atoms with E-state index in [0.717, 1.165) is 12.7 Å². The van der Waals surface area contributed by atoms with Gasteiger partial charge < -0.3 is 4.90 Å². The predicted molar refractivity (Wildman–Crippen MR) is 94.0 cm³/mol. The molecule has 1 amide bonds. The number of carbonyl (C=O) groups excluding carboxylic acids is 1. The number of amides is 1. The lowest BCUT2D eigenvalue weighted by Gasteiger charge is -2.18. The van der Waals surface area contributed by atoms with Gasteiger partial charge in [0.05, 0.1) is 4.90 Å². The van der Waals surface area contributed by atoms with E-state index in [1.165, 1.54) is 23.3 Å². The third-order valence-corrected chi connectivity index (χ3v) is 5.72. The van der Waals surface area contributed by atoms with E-state index < -0.39 is 9.84 Å². The fourth-order valence-corrected chi connectivity index (χ4v) is 3.95. The van der Waals surface area contributed by atoms with Crippen LogP contribution in [0, 0.1) is 6.92 Å². The number of likely N-dealkylation sites (tertiary alicyclic amines) is 1.